The summed E-state index contributed by atoms with van der Waals surface area (Å²) in [6, 6.07) is 10.5. The molecule has 15 heavy (non-hydrogen) atoms. The van der Waals surface area contributed by atoms with E-state index in [1.165, 1.54) is 6.42 Å². The fraction of sp³-hybridized carbons (Fsp3) is 0.538. The van der Waals surface area contributed by atoms with Crippen LogP contribution in [0.25, 0.3) is 0 Å². The van der Waals surface area contributed by atoms with Crippen molar-refractivity contribution in [3.05, 3.63) is 30.3 Å². The Labute approximate surface area is 92.6 Å². The third kappa shape index (κ3) is 5.43. The molecule has 0 saturated carbocycles. The van der Waals surface area contributed by atoms with Crippen molar-refractivity contribution in [2.75, 3.05) is 13.2 Å². The quantitative estimate of drug-likeness (QED) is 0.742. The first-order valence-corrected chi connectivity index (χ1v) is 5.74. The number of nitrogens with one attached hydrogen (secondary N) is 1. The van der Waals surface area contributed by atoms with Gasteiger partial charge in [-0.15, -0.1) is 0 Å². The minimum atomic E-state index is 0.536. The summed E-state index contributed by atoms with van der Waals surface area (Å²) in [6.45, 7) is 6.25. The fourth-order valence-electron chi connectivity index (χ4n) is 1.36. The van der Waals surface area contributed by atoms with Crippen LogP contribution in [-0.2, 0) is 0 Å². The van der Waals surface area contributed by atoms with Crippen LogP contribution >= 0.6 is 0 Å². The molecule has 1 atom stereocenters. The van der Waals surface area contributed by atoms with E-state index in [2.05, 4.69) is 19.2 Å². The Balaban J connectivity index is 2.11. The topological polar surface area (TPSA) is 21.3 Å². The maximum Gasteiger partial charge on any atom is 0.119 e. The summed E-state index contributed by atoms with van der Waals surface area (Å²) in [5, 5.41) is 3.44. The molecule has 0 spiro atoms. The molecule has 0 aliphatic rings. The van der Waals surface area contributed by atoms with Crippen molar-refractivity contribution in [2.45, 2.75) is 32.7 Å². The zero-order valence-electron chi connectivity index (χ0n) is 9.70. The smallest absolute Gasteiger partial charge is 0.119 e. The molecular weight excluding hydrogens is 186 g/mol. The molecule has 0 bridgehead atoms. The highest BCUT2D eigenvalue weighted by Crippen LogP contribution is 2.08. The van der Waals surface area contributed by atoms with E-state index < -0.39 is 0 Å². The van der Waals surface area contributed by atoms with Gasteiger partial charge in [-0.25, -0.2) is 0 Å². The second-order valence-corrected chi connectivity index (χ2v) is 3.81. The van der Waals surface area contributed by atoms with Gasteiger partial charge in [0.25, 0.3) is 0 Å². The van der Waals surface area contributed by atoms with Crippen molar-refractivity contribution in [1.82, 2.24) is 5.32 Å². The molecule has 2 heteroatoms. The number of para-hydroxylation sites is 1. The van der Waals surface area contributed by atoms with Crippen molar-refractivity contribution in [2.24, 2.45) is 0 Å². The van der Waals surface area contributed by atoms with Crippen molar-refractivity contribution < 1.29 is 4.74 Å². The van der Waals surface area contributed by atoms with Crippen LogP contribution in [0.3, 0.4) is 0 Å². The SMILES string of the molecule is CCCNC(C)CCOc1ccccc1. The average molecular weight is 207 g/mol. The van der Waals surface area contributed by atoms with Gasteiger partial charge >= 0.3 is 0 Å². The lowest BCUT2D eigenvalue weighted by atomic mass is 10.2. The monoisotopic (exact) mass is 207 g/mol. The van der Waals surface area contributed by atoms with Gasteiger partial charge in [0, 0.05) is 6.04 Å². The second-order valence-electron chi connectivity index (χ2n) is 3.81. The normalized spacial score (nSPS) is 12.4. The summed E-state index contributed by atoms with van der Waals surface area (Å²) < 4.78 is 5.62. The number of benzene rings is 1. The summed E-state index contributed by atoms with van der Waals surface area (Å²) in [4.78, 5) is 0. The summed E-state index contributed by atoms with van der Waals surface area (Å²) in [6.07, 6.45) is 2.23. The van der Waals surface area contributed by atoms with Crippen LogP contribution in [0.15, 0.2) is 30.3 Å². The fourth-order valence-corrected chi connectivity index (χ4v) is 1.36. The predicted molar refractivity (Wildman–Crippen MR) is 64.3 cm³/mol. The van der Waals surface area contributed by atoms with Crippen molar-refractivity contribution in [1.29, 1.82) is 0 Å². The number of ether oxygens (including phenoxy) is 1. The van der Waals surface area contributed by atoms with Gasteiger partial charge in [0.05, 0.1) is 6.61 Å². The molecule has 1 unspecified atom stereocenters. The molecule has 2 nitrogen and oxygen atoms in total. The van der Waals surface area contributed by atoms with Crippen LogP contribution in [0, 0.1) is 0 Å². The third-order valence-corrected chi connectivity index (χ3v) is 2.31. The Morgan fingerprint density at radius 2 is 2.00 bits per heavy atom. The van der Waals surface area contributed by atoms with Crippen LogP contribution in [0.2, 0.25) is 0 Å². The van der Waals surface area contributed by atoms with Crippen molar-refractivity contribution >= 4 is 0 Å². The molecule has 84 valence electrons. The highest BCUT2D eigenvalue weighted by atomic mass is 16.5. The molecule has 0 amide bonds. The number of hydrogen-bond acceptors (Lipinski definition) is 2. The summed E-state index contributed by atoms with van der Waals surface area (Å²) in [5.74, 6) is 0.959. The van der Waals surface area contributed by atoms with E-state index in [4.69, 9.17) is 4.74 Å². The molecule has 0 aromatic heterocycles. The third-order valence-electron chi connectivity index (χ3n) is 2.31. The molecular formula is C13H21NO. The van der Waals surface area contributed by atoms with Crippen LogP contribution in [0.4, 0.5) is 0 Å². The Morgan fingerprint density at radius 3 is 2.67 bits per heavy atom. The average Bonchev–Trinajstić information content (AvgIpc) is 2.28. The van der Waals surface area contributed by atoms with Gasteiger partial charge in [-0.05, 0) is 38.4 Å². The Morgan fingerprint density at radius 1 is 1.27 bits per heavy atom. The maximum absolute atomic E-state index is 5.62. The second kappa shape index (κ2) is 7.30. The lowest BCUT2D eigenvalue weighted by Gasteiger charge is -2.13. The van der Waals surface area contributed by atoms with E-state index in [0.717, 1.165) is 25.3 Å². The molecule has 0 saturated heterocycles. The summed E-state index contributed by atoms with van der Waals surface area (Å²) >= 11 is 0. The summed E-state index contributed by atoms with van der Waals surface area (Å²) in [5.41, 5.74) is 0. The minimum absolute atomic E-state index is 0.536. The van der Waals surface area contributed by atoms with Gasteiger partial charge in [0.15, 0.2) is 0 Å². The van der Waals surface area contributed by atoms with Gasteiger partial charge in [0.2, 0.25) is 0 Å². The largest absolute Gasteiger partial charge is 0.494 e. The molecule has 0 aliphatic heterocycles. The van der Waals surface area contributed by atoms with Crippen LogP contribution in [0.5, 0.6) is 5.75 Å². The standard InChI is InChI=1S/C13H21NO/c1-3-10-14-12(2)9-11-15-13-7-5-4-6-8-13/h4-8,12,14H,3,9-11H2,1-2H3. The molecule has 1 aromatic carbocycles. The van der Waals surface area contributed by atoms with Gasteiger partial charge in [-0.1, -0.05) is 25.1 Å². The van der Waals surface area contributed by atoms with Gasteiger partial charge in [-0.3, -0.25) is 0 Å². The van der Waals surface area contributed by atoms with Gasteiger partial charge in [-0.2, -0.15) is 0 Å². The van der Waals surface area contributed by atoms with E-state index >= 15 is 0 Å². The first-order valence-electron chi connectivity index (χ1n) is 5.74. The highest BCUT2D eigenvalue weighted by Gasteiger charge is 2.00. The minimum Gasteiger partial charge on any atom is -0.494 e. The van der Waals surface area contributed by atoms with E-state index in [1.807, 2.05) is 30.3 Å². The van der Waals surface area contributed by atoms with E-state index in [0.29, 0.717) is 6.04 Å². The Bertz CT molecular complexity index is 248. The summed E-state index contributed by atoms with van der Waals surface area (Å²) in [7, 11) is 0. The lowest BCUT2D eigenvalue weighted by molar-refractivity contribution is 0.290. The maximum atomic E-state index is 5.62. The molecule has 0 aliphatic carbocycles. The molecule has 0 fully saturated rings. The zero-order chi connectivity index (χ0) is 10.9. The Hall–Kier alpha value is -1.02. The van der Waals surface area contributed by atoms with E-state index in [1.54, 1.807) is 0 Å². The van der Waals surface area contributed by atoms with E-state index in [-0.39, 0.29) is 0 Å². The van der Waals surface area contributed by atoms with Gasteiger partial charge in [0.1, 0.15) is 5.75 Å². The zero-order valence-corrected chi connectivity index (χ0v) is 9.70. The molecule has 1 N–H and O–H groups in total. The van der Waals surface area contributed by atoms with Crippen molar-refractivity contribution in [3.8, 4) is 5.75 Å². The number of rotatable bonds is 7. The number of hydrogen-bond donors (Lipinski definition) is 1. The van der Waals surface area contributed by atoms with Crippen molar-refractivity contribution in [3.63, 3.8) is 0 Å². The van der Waals surface area contributed by atoms with Gasteiger partial charge < -0.3 is 10.1 Å². The van der Waals surface area contributed by atoms with Crippen LogP contribution in [-0.4, -0.2) is 19.2 Å². The van der Waals surface area contributed by atoms with Crippen LogP contribution in [0.1, 0.15) is 26.7 Å². The first kappa shape index (κ1) is 12.1. The molecule has 1 rings (SSSR count). The molecule has 1 aromatic rings. The highest BCUT2D eigenvalue weighted by molar-refractivity contribution is 5.20. The molecule has 0 radical (unpaired) electrons. The lowest BCUT2D eigenvalue weighted by Crippen LogP contribution is -2.28. The molecule has 0 heterocycles. The first-order chi connectivity index (χ1) is 7.33. The van der Waals surface area contributed by atoms with Crippen LogP contribution < -0.4 is 10.1 Å². The van der Waals surface area contributed by atoms with E-state index in [9.17, 15) is 0 Å². The predicted octanol–water partition coefficient (Wildman–Crippen LogP) is 2.84. The Kier molecular flexibility index (Phi) is 5.86.